The lowest BCUT2D eigenvalue weighted by molar-refractivity contribution is -0.122. The Morgan fingerprint density at radius 1 is 1.17 bits per heavy atom. The molecule has 2 aliphatic carbocycles. The van der Waals surface area contributed by atoms with Crippen molar-refractivity contribution < 1.29 is 9.53 Å². The highest BCUT2D eigenvalue weighted by atomic mass is 35.5. The van der Waals surface area contributed by atoms with E-state index in [1.54, 1.807) is 18.3 Å². The molecule has 0 unspecified atom stereocenters. The van der Waals surface area contributed by atoms with Crippen LogP contribution in [0.2, 0.25) is 5.02 Å². The number of hydrogen-bond acceptors (Lipinski definition) is 3. The van der Waals surface area contributed by atoms with Gasteiger partial charge in [-0.25, -0.2) is 4.98 Å². The van der Waals surface area contributed by atoms with E-state index in [1.807, 2.05) is 0 Å². The molecule has 1 aromatic rings. The smallest absolute Gasteiger partial charge is 0.220 e. The van der Waals surface area contributed by atoms with E-state index in [-0.39, 0.29) is 12.0 Å². The molecule has 0 atom stereocenters. The largest absolute Gasteiger partial charge is 0.474 e. The van der Waals surface area contributed by atoms with Gasteiger partial charge < -0.3 is 10.1 Å². The first-order chi connectivity index (χ1) is 11.7. The first kappa shape index (κ1) is 17.5. The number of rotatable bonds is 6. The van der Waals surface area contributed by atoms with Crippen LogP contribution >= 0.6 is 11.6 Å². The number of ether oxygens (including phenoxy) is 1. The fourth-order valence-electron chi connectivity index (χ4n) is 3.86. The zero-order valence-electron chi connectivity index (χ0n) is 14.2. The monoisotopic (exact) mass is 350 g/mol. The molecule has 5 heteroatoms. The maximum absolute atomic E-state index is 12.1. The number of nitrogens with one attached hydrogen (secondary N) is 1. The van der Waals surface area contributed by atoms with Crippen molar-refractivity contribution in [2.75, 3.05) is 0 Å². The molecule has 0 aliphatic heterocycles. The van der Waals surface area contributed by atoms with Crippen molar-refractivity contribution >= 4 is 17.5 Å². The van der Waals surface area contributed by atoms with Gasteiger partial charge in [0.15, 0.2) is 0 Å². The van der Waals surface area contributed by atoms with Gasteiger partial charge in [-0.15, -0.1) is 0 Å². The number of aromatic nitrogens is 1. The number of nitrogens with zero attached hydrogens (tertiary/aromatic N) is 1. The lowest BCUT2D eigenvalue weighted by Gasteiger charge is -2.29. The fraction of sp³-hybridized carbons (Fsp3) is 0.684. The third-order valence-corrected chi connectivity index (χ3v) is 5.50. The van der Waals surface area contributed by atoms with Crippen LogP contribution in [0.4, 0.5) is 0 Å². The summed E-state index contributed by atoms with van der Waals surface area (Å²) in [6, 6.07) is 3.90. The van der Waals surface area contributed by atoms with Gasteiger partial charge in [0, 0.05) is 24.7 Å². The van der Waals surface area contributed by atoms with Crippen molar-refractivity contribution in [3.63, 3.8) is 0 Å². The lowest BCUT2D eigenvalue weighted by Crippen LogP contribution is -2.39. The van der Waals surface area contributed by atoms with E-state index >= 15 is 0 Å². The third kappa shape index (κ3) is 5.37. The predicted molar refractivity (Wildman–Crippen MR) is 95.3 cm³/mol. The SMILES string of the molecule is O=C(CCC1CCCC1)NC1CCC(Oc2ccc(Cl)cn2)CC1. The van der Waals surface area contributed by atoms with Gasteiger partial charge in [0.05, 0.1) is 5.02 Å². The molecule has 24 heavy (non-hydrogen) atoms. The van der Waals surface area contributed by atoms with E-state index in [2.05, 4.69) is 10.3 Å². The summed E-state index contributed by atoms with van der Waals surface area (Å²) >= 11 is 5.83. The minimum atomic E-state index is 0.185. The van der Waals surface area contributed by atoms with Crippen molar-refractivity contribution in [1.29, 1.82) is 0 Å². The zero-order chi connectivity index (χ0) is 16.8. The van der Waals surface area contributed by atoms with Gasteiger partial charge in [0.25, 0.3) is 0 Å². The van der Waals surface area contributed by atoms with Crippen LogP contribution in [-0.2, 0) is 4.79 Å². The van der Waals surface area contributed by atoms with E-state index in [9.17, 15) is 4.79 Å². The van der Waals surface area contributed by atoms with Crippen LogP contribution in [-0.4, -0.2) is 23.0 Å². The van der Waals surface area contributed by atoms with E-state index in [0.29, 0.717) is 23.4 Å². The van der Waals surface area contributed by atoms with Crippen LogP contribution in [0.15, 0.2) is 18.3 Å². The Hall–Kier alpha value is -1.29. The third-order valence-electron chi connectivity index (χ3n) is 5.28. The summed E-state index contributed by atoms with van der Waals surface area (Å²) in [6.45, 7) is 0. The molecule has 0 aromatic carbocycles. The highest BCUT2D eigenvalue weighted by Crippen LogP contribution is 2.28. The highest BCUT2D eigenvalue weighted by Gasteiger charge is 2.24. The Kier molecular flexibility index (Phi) is 6.36. The maximum atomic E-state index is 12.1. The molecule has 1 amide bonds. The molecular weight excluding hydrogens is 324 g/mol. The lowest BCUT2D eigenvalue weighted by atomic mass is 9.92. The van der Waals surface area contributed by atoms with E-state index in [1.165, 1.54) is 25.7 Å². The number of hydrogen-bond donors (Lipinski definition) is 1. The molecule has 0 radical (unpaired) electrons. The molecule has 1 N–H and O–H groups in total. The van der Waals surface area contributed by atoms with Crippen LogP contribution in [0, 0.1) is 5.92 Å². The van der Waals surface area contributed by atoms with Gasteiger partial charge in [-0.2, -0.15) is 0 Å². The second-order valence-electron chi connectivity index (χ2n) is 7.16. The normalized spacial score (nSPS) is 24.7. The minimum Gasteiger partial charge on any atom is -0.474 e. The molecule has 2 saturated carbocycles. The highest BCUT2D eigenvalue weighted by molar-refractivity contribution is 6.30. The number of carbonyl (C=O) groups is 1. The van der Waals surface area contributed by atoms with Crippen molar-refractivity contribution in [3.8, 4) is 5.88 Å². The van der Waals surface area contributed by atoms with Gasteiger partial charge in [0.2, 0.25) is 11.8 Å². The molecule has 132 valence electrons. The Morgan fingerprint density at radius 3 is 2.58 bits per heavy atom. The predicted octanol–water partition coefficient (Wildman–Crippen LogP) is 4.51. The minimum absolute atomic E-state index is 0.185. The van der Waals surface area contributed by atoms with Crippen LogP contribution in [0.25, 0.3) is 0 Å². The number of halogens is 1. The summed E-state index contributed by atoms with van der Waals surface area (Å²) < 4.78 is 5.90. The van der Waals surface area contributed by atoms with Crippen molar-refractivity contribution in [2.45, 2.75) is 76.4 Å². The maximum Gasteiger partial charge on any atom is 0.220 e. The van der Waals surface area contributed by atoms with E-state index < -0.39 is 0 Å². The van der Waals surface area contributed by atoms with Crippen molar-refractivity contribution in [2.24, 2.45) is 5.92 Å². The van der Waals surface area contributed by atoms with Gasteiger partial charge in [-0.1, -0.05) is 37.3 Å². The first-order valence-electron chi connectivity index (χ1n) is 9.26. The Balaban J connectivity index is 1.34. The number of pyridine rings is 1. The Morgan fingerprint density at radius 2 is 1.92 bits per heavy atom. The van der Waals surface area contributed by atoms with Crippen molar-refractivity contribution in [3.05, 3.63) is 23.4 Å². The molecule has 1 aromatic heterocycles. The van der Waals surface area contributed by atoms with E-state index in [0.717, 1.165) is 38.0 Å². The molecule has 0 saturated heterocycles. The Labute approximate surface area is 149 Å². The molecule has 1 heterocycles. The molecule has 4 nitrogen and oxygen atoms in total. The summed E-state index contributed by atoms with van der Waals surface area (Å²) in [4.78, 5) is 16.3. The molecule has 0 spiro atoms. The molecular formula is C19H27ClN2O2. The fourth-order valence-corrected chi connectivity index (χ4v) is 3.97. The Bertz CT molecular complexity index is 521. The van der Waals surface area contributed by atoms with Crippen LogP contribution < -0.4 is 10.1 Å². The van der Waals surface area contributed by atoms with Gasteiger partial charge in [-0.3, -0.25) is 4.79 Å². The standard InChI is InChI=1S/C19H27ClN2O2/c20-15-6-12-19(21-13-15)24-17-9-7-16(8-10-17)22-18(23)11-5-14-3-1-2-4-14/h6,12-14,16-17H,1-5,7-11H2,(H,22,23). The van der Waals surface area contributed by atoms with Crippen LogP contribution in [0.5, 0.6) is 5.88 Å². The summed E-state index contributed by atoms with van der Waals surface area (Å²) in [5, 5.41) is 3.82. The molecule has 2 aliphatic rings. The van der Waals surface area contributed by atoms with Crippen LogP contribution in [0.1, 0.15) is 64.2 Å². The first-order valence-corrected chi connectivity index (χ1v) is 9.64. The second kappa shape index (κ2) is 8.70. The number of amides is 1. The van der Waals surface area contributed by atoms with E-state index in [4.69, 9.17) is 16.3 Å². The average molecular weight is 351 g/mol. The molecule has 2 fully saturated rings. The van der Waals surface area contributed by atoms with Crippen molar-refractivity contribution in [1.82, 2.24) is 10.3 Å². The number of carbonyl (C=O) groups excluding carboxylic acids is 1. The zero-order valence-corrected chi connectivity index (χ0v) is 14.9. The average Bonchev–Trinajstić information content (AvgIpc) is 3.10. The van der Waals surface area contributed by atoms with Gasteiger partial charge >= 0.3 is 0 Å². The van der Waals surface area contributed by atoms with Crippen LogP contribution in [0.3, 0.4) is 0 Å². The molecule has 0 bridgehead atoms. The van der Waals surface area contributed by atoms with Gasteiger partial charge in [-0.05, 0) is 44.1 Å². The topological polar surface area (TPSA) is 51.2 Å². The summed E-state index contributed by atoms with van der Waals surface area (Å²) in [5.74, 6) is 1.64. The second-order valence-corrected chi connectivity index (χ2v) is 7.60. The van der Waals surface area contributed by atoms with Gasteiger partial charge in [0.1, 0.15) is 6.10 Å². The molecule has 3 rings (SSSR count). The summed E-state index contributed by atoms with van der Waals surface area (Å²) in [5.41, 5.74) is 0. The quantitative estimate of drug-likeness (QED) is 0.821. The summed E-state index contributed by atoms with van der Waals surface area (Å²) in [7, 11) is 0. The summed E-state index contributed by atoms with van der Waals surface area (Å²) in [6.07, 6.45) is 12.7.